The molecule has 3 heteroatoms. The molecule has 2 aliphatic rings. The third-order valence-corrected chi connectivity index (χ3v) is 4.55. The fraction of sp³-hybridized carbons (Fsp3) is 0.625. The minimum Gasteiger partial charge on any atom is -0.341 e. The molecule has 2 fully saturated rings. The van der Waals surface area contributed by atoms with Gasteiger partial charge in [-0.1, -0.05) is 65.0 Å². The summed E-state index contributed by atoms with van der Waals surface area (Å²) in [5, 5.41) is 0. The SMILES string of the molecule is CC(C)(C)[C@@]12OO[C@]1(c1ccccc1)OCC2(C)C. The van der Waals surface area contributed by atoms with Crippen LogP contribution in [-0.2, 0) is 20.3 Å². The van der Waals surface area contributed by atoms with Crippen LogP contribution in [0.5, 0.6) is 0 Å². The molecule has 2 atom stereocenters. The maximum atomic E-state index is 6.12. The molecule has 0 radical (unpaired) electrons. The van der Waals surface area contributed by atoms with Crippen LogP contribution in [0, 0.1) is 10.8 Å². The molecule has 19 heavy (non-hydrogen) atoms. The molecule has 0 amide bonds. The van der Waals surface area contributed by atoms with Crippen molar-refractivity contribution in [2.75, 3.05) is 6.61 Å². The number of hydrogen-bond donors (Lipinski definition) is 0. The Bertz CT molecular complexity index is 488. The van der Waals surface area contributed by atoms with Gasteiger partial charge in [0, 0.05) is 16.4 Å². The average Bonchev–Trinajstić information content (AvgIpc) is 2.43. The molecule has 0 spiro atoms. The lowest BCUT2D eigenvalue weighted by Crippen LogP contribution is -2.72. The van der Waals surface area contributed by atoms with Crippen LogP contribution in [0.4, 0.5) is 0 Å². The standard InChI is InChI=1S/C16H22O3/c1-13(2,3)16-14(4,5)11-17-15(16,18-19-16)12-9-7-6-8-10-12/h6-10H,11H2,1-5H3/t15-,16-/m0/s1. The van der Waals surface area contributed by atoms with Crippen LogP contribution in [0.1, 0.15) is 40.2 Å². The van der Waals surface area contributed by atoms with Gasteiger partial charge < -0.3 is 4.74 Å². The fourth-order valence-corrected chi connectivity index (χ4v) is 3.89. The minimum atomic E-state index is -0.782. The molecule has 1 aromatic rings. The molecule has 3 rings (SSSR count). The van der Waals surface area contributed by atoms with Crippen molar-refractivity contribution in [1.29, 1.82) is 0 Å². The van der Waals surface area contributed by atoms with E-state index in [2.05, 4.69) is 34.6 Å². The van der Waals surface area contributed by atoms with Gasteiger partial charge in [0.2, 0.25) is 0 Å². The molecule has 0 unspecified atom stereocenters. The summed E-state index contributed by atoms with van der Waals surface area (Å²) >= 11 is 0. The van der Waals surface area contributed by atoms with E-state index < -0.39 is 11.4 Å². The molecular weight excluding hydrogens is 240 g/mol. The molecule has 3 nitrogen and oxygen atoms in total. The van der Waals surface area contributed by atoms with E-state index in [0.29, 0.717) is 6.61 Å². The number of rotatable bonds is 1. The summed E-state index contributed by atoms with van der Waals surface area (Å²) in [7, 11) is 0. The van der Waals surface area contributed by atoms with Crippen molar-refractivity contribution in [3.63, 3.8) is 0 Å². The molecular formula is C16H22O3. The predicted molar refractivity (Wildman–Crippen MR) is 72.2 cm³/mol. The van der Waals surface area contributed by atoms with Gasteiger partial charge in [-0.2, -0.15) is 4.89 Å². The van der Waals surface area contributed by atoms with Gasteiger partial charge >= 0.3 is 0 Å². The summed E-state index contributed by atoms with van der Waals surface area (Å²) in [4.78, 5) is 11.3. The quantitative estimate of drug-likeness (QED) is 0.723. The Labute approximate surface area is 114 Å². The van der Waals surface area contributed by atoms with Gasteiger partial charge in [0.05, 0.1) is 6.61 Å². The molecule has 2 heterocycles. The van der Waals surface area contributed by atoms with Crippen LogP contribution in [0.15, 0.2) is 30.3 Å². The highest BCUT2D eigenvalue weighted by atomic mass is 17.3. The highest BCUT2D eigenvalue weighted by molar-refractivity contribution is 5.32. The Balaban J connectivity index is 2.18. The first kappa shape index (κ1) is 13.1. The zero-order valence-corrected chi connectivity index (χ0v) is 12.3. The van der Waals surface area contributed by atoms with Crippen LogP contribution in [0.25, 0.3) is 0 Å². The van der Waals surface area contributed by atoms with Crippen molar-refractivity contribution in [3.05, 3.63) is 35.9 Å². The van der Waals surface area contributed by atoms with Crippen molar-refractivity contribution in [1.82, 2.24) is 0 Å². The summed E-state index contributed by atoms with van der Waals surface area (Å²) in [6, 6.07) is 10.1. The summed E-state index contributed by atoms with van der Waals surface area (Å²) in [6.45, 7) is 11.5. The lowest BCUT2D eigenvalue weighted by molar-refractivity contribution is -0.626. The van der Waals surface area contributed by atoms with Crippen molar-refractivity contribution >= 4 is 0 Å². The topological polar surface area (TPSA) is 27.7 Å². The lowest BCUT2D eigenvalue weighted by Gasteiger charge is -2.61. The van der Waals surface area contributed by atoms with Gasteiger partial charge in [0.15, 0.2) is 5.60 Å². The van der Waals surface area contributed by atoms with Crippen LogP contribution >= 0.6 is 0 Å². The summed E-state index contributed by atoms with van der Waals surface area (Å²) in [5.41, 5.74) is 0.344. The molecule has 0 saturated carbocycles. The zero-order chi connectivity index (χ0) is 13.9. The first-order chi connectivity index (χ1) is 8.77. The number of ether oxygens (including phenoxy) is 1. The normalized spacial score (nSPS) is 36.7. The Morgan fingerprint density at radius 3 is 2.11 bits per heavy atom. The highest BCUT2D eigenvalue weighted by Crippen LogP contribution is 2.68. The molecule has 1 aromatic carbocycles. The van der Waals surface area contributed by atoms with Gasteiger partial charge in [-0.15, -0.1) is 0 Å². The average molecular weight is 262 g/mol. The molecule has 2 aliphatic heterocycles. The third kappa shape index (κ3) is 1.33. The molecule has 0 bridgehead atoms. The molecule has 0 aromatic heterocycles. The Kier molecular flexibility index (Phi) is 2.48. The Morgan fingerprint density at radius 2 is 1.63 bits per heavy atom. The number of benzene rings is 1. The highest BCUT2D eigenvalue weighted by Gasteiger charge is 2.81. The lowest BCUT2D eigenvalue weighted by atomic mass is 9.57. The van der Waals surface area contributed by atoms with Crippen molar-refractivity contribution in [2.45, 2.75) is 46.0 Å². The van der Waals surface area contributed by atoms with E-state index in [1.165, 1.54) is 0 Å². The molecule has 2 saturated heterocycles. The predicted octanol–water partition coefficient (Wildman–Crippen LogP) is 3.64. The van der Waals surface area contributed by atoms with Gasteiger partial charge in [-0.05, 0) is 0 Å². The number of hydrogen-bond acceptors (Lipinski definition) is 3. The number of fused-ring (bicyclic) bond motifs is 1. The van der Waals surface area contributed by atoms with E-state index in [4.69, 9.17) is 14.5 Å². The minimum absolute atomic E-state index is 0.0961. The van der Waals surface area contributed by atoms with E-state index in [9.17, 15) is 0 Å². The van der Waals surface area contributed by atoms with Crippen LogP contribution < -0.4 is 0 Å². The van der Waals surface area contributed by atoms with Crippen molar-refractivity contribution < 1.29 is 14.5 Å². The summed E-state index contributed by atoms with van der Waals surface area (Å²) in [6.07, 6.45) is 0. The maximum Gasteiger partial charge on any atom is 0.261 e. The second-order valence-electron chi connectivity index (χ2n) is 7.25. The first-order valence-corrected chi connectivity index (χ1v) is 6.83. The van der Waals surface area contributed by atoms with Gasteiger partial charge in [0.25, 0.3) is 5.79 Å². The molecule has 0 N–H and O–H groups in total. The van der Waals surface area contributed by atoms with Crippen LogP contribution in [0.2, 0.25) is 0 Å². The third-order valence-electron chi connectivity index (χ3n) is 4.55. The fourth-order valence-electron chi connectivity index (χ4n) is 3.89. The van der Waals surface area contributed by atoms with Gasteiger partial charge in [-0.25, -0.2) is 4.89 Å². The van der Waals surface area contributed by atoms with Crippen LogP contribution in [0.3, 0.4) is 0 Å². The largest absolute Gasteiger partial charge is 0.341 e. The second-order valence-corrected chi connectivity index (χ2v) is 7.25. The molecule has 104 valence electrons. The van der Waals surface area contributed by atoms with E-state index in [1.54, 1.807) is 0 Å². The maximum absolute atomic E-state index is 6.12. The Hall–Kier alpha value is -0.900. The monoisotopic (exact) mass is 262 g/mol. The van der Waals surface area contributed by atoms with E-state index in [0.717, 1.165) is 5.56 Å². The van der Waals surface area contributed by atoms with E-state index in [1.807, 2.05) is 30.3 Å². The molecule has 0 aliphatic carbocycles. The Morgan fingerprint density at radius 1 is 1.00 bits per heavy atom. The van der Waals surface area contributed by atoms with Gasteiger partial charge in [-0.3, -0.25) is 0 Å². The summed E-state index contributed by atoms with van der Waals surface area (Å²) < 4.78 is 6.12. The van der Waals surface area contributed by atoms with Crippen LogP contribution in [-0.4, -0.2) is 12.2 Å². The van der Waals surface area contributed by atoms with E-state index in [-0.39, 0.29) is 10.8 Å². The van der Waals surface area contributed by atoms with Crippen molar-refractivity contribution in [3.8, 4) is 0 Å². The smallest absolute Gasteiger partial charge is 0.261 e. The second kappa shape index (κ2) is 3.60. The van der Waals surface area contributed by atoms with Crippen molar-refractivity contribution in [2.24, 2.45) is 10.8 Å². The first-order valence-electron chi connectivity index (χ1n) is 6.83. The van der Waals surface area contributed by atoms with Gasteiger partial charge in [0.1, 0.15) is 0 Å². The summed E-state index contributed by atoms with van der Waals surface area (Å²) in [5.74, 6) is -0.782. The zero-order valence-electron chi connectivity index (χ0n) is 12.3. The van der Waals surface area contributed by atoms with E-state index >= 15 is 0 Å².